The maximum Gasteiger partial charge on any atom is 0.123 e. The molecule has 0 aliphatic rings. The van der Waals surface area contributed by atoms with Crippen LogP contribution in [0.1, 0.15) is 5.56 Å². The van der Waals surface area contributed by atoms with Crippen LogP contribution in [0, 0.1) is 0 Å². The van der Waals surface area contributed by atoms with Crippen molar-refractivity contribution in [1.29, 1.82) is 0 Å². The number of nitrogens with zero attached hydrogens (tertiary/aromatic N) is 1. The highest BCUT2D eigenvalue weighted by Crippen LogP contribution is 2.30. The topological polar surface area (TPSA) is 48.1 Å². The summed E-state index contributed by atoms with van der Waals surface area (Å²) in [4.78, 5) is 4.39. The molecule has 100 valence electrons. The summed E-state index contributed by atoms with van der Waals surface area (Å²) in [7, 11) is 1.66. The van der Waals surface area contributed by atoms with Gasteiger partial charge in [-0.05, 0) is 35.4 Å². The van der Waals surface area contributed by atoms with E-state index in [2.05, 4.69) is 29.2 Å². The van der Waals surface area contributed by atoms with Crippen molar-refractivity contribution in [3.63, 3.8) is 0 Å². The van der Waals surface area contributed by atoms with Gasteiger partial charge < -0.3 is 10.5 Å². The van der Waals surface area contributed by atoms with E-state index in [1.54, 1.807) is 7.11 Å². The highest BCUT2D eigenvalue weighted by molar-refractivity contribution is 5.94. The van der Waals surface area contributed by atoms with Crippen LogP contribution in [-0.4, -0.2) is 12.1 Å². The monoisotopic (exact) mass is 264 g/mol. The van der Waals surface area contributed by atoms with E-state index in [4.69, 9.17) is 10.5 Å². The van der Waals surface area contributed by atoms with Gasteiger partial charge in [-0.25, -0.2) is 0 Å². The van der Waals surface area contributed by atoms with Gasteiger partial charge in [0, 0.05) is 23.7 Å². The molecule has 3 heteroatoms. The third-order valence-corrected chi connectivity index (χ3v) is 3.46. The lowest BCUT2D eigenvalue weighted by Crippen LogP contribution is -2.00. The number of ether oxygens (including phenoxy) is 1. The van der Waals surface area contributed by atoms with Crippen LogP contribution < -0.4 is 10.5 Å². The molecule has 3 aromatic rings. The second kappa shape index (κ2) is 5.31. The van der Waals surface area contributed by atoms with Crippen molar-refractivity contribution in [1.82, 2.24) is 4.98 Å². The molecule has 1 heterocycles. The van der Waals surface area contributed by atoms with Crippen molar-refractivity contribution in [2.45, 2.75) is 6.54 Å². The first-order valence-electron chi connectivity index (χ1n) is 6.54. The average molecular weight is 264 g/mol. The molecule has 0 bridgehead atoms. The molecule has 2 aromatic carbocycles. The summed E-state index contributed by atoms with van der Waals surface area (Å²) < 4.78 is 5.32. The predicted octanol–water partition coefficient (Wildman–Crippen LogP) is 3.37. The van der Waals surface area contributed by atoms with E-state index in [1.165, 1.54) is 0 Å². The smallest absolute Gasteiger partial charge is 0.123 e. The molecular formula is C17H16N2O. The molecule has 1 aromatic heterocycles. The van der Waals surface area contributed by atoms with E-state index >= 15 is 0 Å². The summed E-state index contributed by atoms with van der Waals surface area (Å²) in [6, 6.07) is 16.3. The fourth-order valence-corrected chi connectivity index (χ4v) is 2.46. The Kier molecular flexibility index (Phi) is 3.35. The minimum Gasteiger partial charge on any atom is -0.496 e. The molecule has 20 heavy (non-hydrogen) atoms. The number of aromatic nitrogens is 1. The maximum atomic E-state index is 5.79. The molecule has 0 atom stereocenters. The van der Waals surface area contributed by atoms with Crippen LogP contribution in [0.4, 0.5) is 0 Å². The Labute approximate surface area is 118 Å². The second-order valence-corrected chi connectivity index (χ2v) is 4.61. The summed E-state index contributed by atoms with van der Waals surface area (Å²) in [5.74, 6) is 0.828. The SMILES string of the molecule is COc1ccc(-c2cccc3ncccc23)cc1CN. The lowest BCUT2D eigenvalue weighted by molar-refractivity contribution is 0.410. The van der Waals surface area contributed by atoms with E-state index < -0.39 is 0 Å². The fraction of sp³-hybridized carbons (Fsp3) is 0.118. The van der Waals surface area contributed by atoms with Crippen LogP contribution in [0.25, 0.3) is 22.0 Å². The van der Waals surface area contributed by atoms with Crippen LogP contribution in [0.2, 0.25) is 0 Å². The zero-order valence-corrected chi connectivity index (χ0v) is 11.3. The highest BCUT2D eigenvalue weighted by Gasteiger charge is 2.07. The van der Waals surface area contributed by atoms with Gasteiger partial charge in [0.05, 0.1) is 12.6 Å². The van der Waals surface area contributed by atoms with Gasteiger partial charge in [0.2, 0.25) is 0 Å². The Morgan fingerprint density at radius 3 is 2.80 bits per heavy atom. The highest BCUT2D eigenvalue weighted by atomic mass is 16.5. The van der Waals surface area contributed by atoms with Crippen LogP contribution >= 0.6 is 0 Å². The minimum absolute atomic E-state index is 0.458. The molecule has 0 radical (unpaired) electrons. The Balaban J connectivity index is 2.21. The first-order valence-corrected chi connectivity index (χ1v) is 6.54. The average Bonchev–Trinajstić information content (AvgIpc) is 2.53. The Morgan fingerprint density at radius 2 is 2.00 bits per heavy atom. The van der Waals surface area contributed by atoms with Crippen LogP contribution in [0.3, 0.4) is 0 Å². The Hall–Kier alpha value is -2.39. The first kappa shape index (κ1) is 12.6. The standard InChI is InChI=1S/C17H16N2O/c1-20-17-8-7-12(10-13(17)11-18)14-4-2-6-16-15(14)5-3-9-19-16/h2-10H,11,18H2,1H3. The molecule has 0 unspecified atom stereocenters. The number of methoxy groups -OCH3 is 1. The maximum absolute atomic E-state index is 5.79. The molecule has 0 aliphatic carbocycles. The van der Waals surface area contributed by atoms with Gasteiger partial charge >= 0.3 is 0 Å². The number of nitrogens with two attached hydrogens (primary N) is 1. The van der Waals surface area contributed by atoms with Crippen molar-refractivity contribution >= 4 is 10.9 Å². The van der Waals surface area contributed by atoms with E-state index in [9.17, 15) is 0 Å². The Bertz CT molecular complexity index is 748. The van der Waals surface area contributed by atoms with Crippen molar-refractivity contribution in [2.75, 3.05) is 7.11 Å². The fourth-order valence-electron chi connectivity index (χ4n) is 2.46. The van der Waals surface area contributed by atoms with Crippen molar-refractivity contribution in [3.05, 3.63) is 60.3 Å². The number of hydrogen-bond acceptors (Lipinski definition) is 3. The number of rotatable bonds is 3. The van der Waals surface area contributed by atoms with Gasteiger partial charge in [-0.2, -0.15) is 0 Å². The summed E-state index contributed by atoms with van der Waals surface area (Å²) in [6.07, 6.45) is 1.81. The van der Waals surface area contributed by atoms with Crippen molar-refractivity contribution in [2.24, 2.45) is 5.73 Å². The van der Waals surface area contributed by atoms with Crippen LogP contribution in [-0.2, 0) is 6.54 Å². The largest absolute Gasteiger partial charge is 0.496 e. The number of hydrogen-bond donors (Lipinski definition) is 1. The summed E-state index contributed by atoms with van der Waals surface area (Å²) >= 11 is 0. The molecule has 3 rings (SSSR count). The molecule has 0 fully saturated rings. The number of benzene rings is 2. The lowest BCUT2D eigenvalue weighted by Gasteiger charge is -2.11. The molecule has 2 N–H and O–H groups in total. The zero-order chi connectivity index (χ0) is 13.9. The molecule has 0 aliphatic heterocycles. The van der Waals surface area contributed by atoms with Gasteiger partial charge in [-0.1, -0.05) is 24.3 Å². The molecule has 0 saturated heterocycles. The molecule has 0 amide bonds. The Morgan fingerprint density at radius 1 is 1.10 bits per heavy atom. The predicted molar refractivity (Wildman–Crippen MR) is 81.6 cm³/mol. The molecular weight excluding hydrogens is 248 g/mol. The van der Waals surface area contributed by atoms with Crippen molar-refractivity contribution < 1.29 is 4.74 Å². The van der Waals surface area contributed by atoms with Gasteiger partial charge in [-0.3, -0.25) is 4.98 Å². The van der Waals surface area contributed by atoms with E-state index in [1.807, 2.05) is 30.5 Å². The molecule has 0 saturated carbocycles. The number of fused-ring (bicyclic) bond motifs is 1. The number of pyridine rings is 1. The van der Waals surface area contributed by atoms with E-state index in [0.717, 1.165) is 33.3 Å². The van der Waals surface area contributed by atoms with Crippen LogP contribution in [0.5, 0.6) is 5.75 Å². The normalized spacial score (nSPS) is 10.7. The summed E-state index contributed by atoms with van der Waals surface area (Å²) in [5.41, 5.74) is 10.1. The zero-order valence-electron chi connectivity index (χ0n) is 11.3. The van der Waals surface area contributed by atoms with Crippen molar-refractivity contribution in [3.8, 4) is 16.9 Å². The minimum atomic E-state index is 0.458. The van der Waals surface area contributed by atoms with Crippen LogP contribution in [0.15, 0.2) is 54.7 Å². The summed E-state index contributed by atoms with van der Waals surface area (Å²) in [5, 5.41) is 1.14. The first-order chi connectivity index (χ1) is 9.83. The van der Waals surface area contributed by atoms with E-state index in [-0.39, 0.29) is 0 Å². The third-order valence-electron chi connectivity index (χ3n) is 3.46. The third kappa shape index (κ3) is 2.12. The van der Waals surface area contributed by atoms with E-state index in [0.29, 0.717) is 6.54 Å². The quantitative estimate of drug-likeness (QED) is 0.789. The van der Waals surface area contributed by atoms with Gasteiger partial charge in [-0.15, -0.1) is 0 Å². The molecule has 0 spiro atoms. The van der Waals surface area contributed by atoms with Gasteiger partial charge in [0.15, 0.2) is 0 Å². The van der Waals surface area contributed by atoms with Gasteiger partial charge in [0.25, 0.3) is 0 Å². The molecule has 3 nitrogen and oxygen atoms in total. The summed E-state index contributed by atoms with van der Waals surface area (Å²) in [6.45, 7) is 0.458. The van der Waals surface area contributed by atoms with Gasteiger partial charge in [0.1, 0.15) is 5.75 Å². The second-order valence-electron chi connectivity index (χ2n) is 4.61. The lowest BCUT2D eigenvalue weighted by atomic mass is 9.98.